The van der Waals surface area contributed by atoms with E-state index < -0.39 is 0 Å². The van der Waals surface area contributed by atoms with Gasteiger partial charge in [0.25, 0.3) is 5.91 Å². The molecule has 1 amide bonds. The number of amides is 1. The van der Waals surface area contributed by atoms with Gasteiger partial charge in [0.15, 0.2) is 0 Å². The third kappa shape index (κ3) is 6.02. The zero-order chi connectivity index (χ0) is 16.9. The zero-order valence-electron chi connectivity index (χ0n) is 15.7. The minimum absolute atomic E-state index is 0. The van der Waals surface area contributed by atoms with Crippen molar-refractivity contribution in [2.24, 2.45) is 0 Å². The topological polar surface area (TPSA) is 47.6 Å². The van der Waals surface area contributed by atoms with Gasteiger partial charge < -0.3 is 15.5 Å². The summed E-state index contributed by atoms with van der Waals surface area (Å²) in [5, 5.41) is 6.46. The van der Waals surface area contributed by atoms with E-state index in [9.17, 15) is 4.79 Å². The highest BCUT2D eigenvalue weighted by atomic mass is 35.5. The van der Waals surface area contributed by atoms with Gasteiger partial charge in [0.1, 0.15) is 0 Å². The maximum atomic E-state index is 12.4. The maximum Gasteiger partial charge on any atom is 0.251 e. The predicted molar refractivity (Wildman–Crippen MR) is 113 cm³/mol. The molecular weight excluding hydrogens is 371 g/mol. The second-order valence-corrected chi connectivity index (χ2v) is 7.18. The molecule has 26 heavy (non-hydrogen) atoms. The van der Waals surface area contributed by atoms with E-state index in [1.165, 1.54) is 5.69 Å². The van der Waals surface area contributed by atoms with Crippen molar-refractivity contribution in [2.75, 3.05) is 44.2 Å². The van der Waals surface area contributed by atoms with E-state index in [0.29, 0.717) is 6.04 Å². The molecule has 1 aromatic carbocycles. The number of hydrogen-bond acceptors (Lipinski definition) is 4. The largest absolute Gasteiger partial charge is 0.369 e. The highest BCUT2D eigenvalue weighted by molar-refractivity contribution is 5.94. The molecule has 3 rings (SSSR count). The molecule has 0 aliphatic carbocycles. The van der Waals surface area contributed by atoms with E-state index in [0.717, 1.165) is 57.7 Å². The van der Waals surface area contributed by atoms with Crippen LogP contribution in [0.1, 0.15) is 37.0 Å². The van der Waals surface area contributed by atoms with Crippen molar-refractivity contribution in [1.82, 2.24) is 15.5 Å². The molecule has 1 atom stereocenters. The number of hydrogen-bond donors (Lipinski definition) is 2. The van der Waals surface area contributed by atoms with Crippen molar-refractivity contribution < 1.29 is 4.79 Å². The van der Waals surface area contributed by atoms with Crippen LogP contribution in [0, 0.1) is 0 Å². The second-order valence-electron chi connectivity index (χ2n) is 7.18. The number of benzene rings is 1. The number of halogens is 2. The van der Waals surface area contributed by atoms with E-state index in [-0.39, 0.29) is 36.8 Å². The van der Waals surface area contributed by atoms with Crippen molar-refractivity contribution in [1.29, 1.82) is 0 Å². The summed E-state index contributed by atoms with van der Waals surface area (Å²) in [6.45, 7) is 10.8. The first-order chi connectivity index (χ1) is 11.6. The molecule has 7 heteroatoms. The number of carbonyl (C=O) groups is 1. The monoisotopic (exact) mass is 402 g/mol. The molecule has 1 unspecified atom stereocenters. The zero-order valence-corrected chi connectivity index (χ0v) is 17.4. The van der Waals surface area contributed by atoms with Crippen LogP contribution in [0.2, 0.25) is 0 Å². The first kappa shape index (κ1) is 23.0. The minimum Gasteiger partial charge on any atom is -0.369 e. The van der Waals surface area contributed by atoms with Gasteiger partial charge in [0.2, 0.25) is 0 Å². The fourth-order valence-electron chi connectivity index (χ4n) is 3.56. The van der Waals surface area contributed by atoms with Crippen LogP contribution in [-0.2, 0) is 0 Å². The average molecular weight is 403 g/mol. The molecule has 0 bridgehead atoms. The Balaban J connectivity index is 0.00000169. The summed E-state index contributed by atoms with van der Waals surface area (Å²) in [6.07, 6.45) is 2.20. The third-order valence-electron chi connectivity index (χ3n) is 5.17. The Morgan fingerprint density at radius 2 is 1.77 bits per heavy atom. The highest BCUT2D eigenvalue weighted by Gasteiger charge is 2.20. The van der Waals surface area contributed by atoms with Crippen LogP contribution in [0.4, 0.5) is 5.69 Å². The lowest BCUT2D eigenvalue weighted by atomic mass is 10.1. The van der Waals surface area contributed by atoms with Crippen LogP contribution in [0.5, 0.6) is 0 Å². The number of nitrogens with zero attached hydrogens (tertiary/aromatic N) is 2. The van der Waals surface area contributed by atoms with Crippen molar-refractivity contribution in [2.45, 2.75) is 38.8 Å². The number of nitrogens with one attached hydrogen (secondary N) is 2. The Morgan fingerprint density at radius 1 is 1.12 bits per heavy atom. The lowest BCUT2D eigenvalue weighted by Crippen LogP contribution is -2.48. The van der Waals surface area contributed by atoms with Gasteiger partial charge in [-0.05, 0) is 57.5 Å². The SMILES string of the molecule is CC(C)N1CCN(c2ccc(C(=O)NC3CCCNC3)cc2)CC1.Cl.Cl. The van der Waals surface area contributed by atoms with Crippen LogP contribution < -0.4 is 15.5 Å². The first-order valence-corrected chi connectivity index (χ1v) is 9.24. The van der Waals surface area contributed by atoms with Gasteiger partial charge in [0, 0.05) is 56.1 Å². The van der Waals surface area contributed by atoms with Gasteiger partial charge >= 0.3 is 0 Å². The normalized spacial score (nSPS) is 20.9. The van der Waals surface area contributed by atoms with Crippen molar-refractivity contribution >= 4 is 36.4 Å². The molecule has 0 saturated carbocycles. The number of carbonyl (C=O) groups excluding carboxylic acids is 1. The Kier molecular flexibility index (Phi) is 9.72. The van der Waals surface area contributed by atoms with Crippen molar-refractivity contribution in [3.8, 4) is 0 Å². The molecule has 2 N–H and O–H groups in total. The molecule has 2 saturated heterocycles. The summed E-state index contributed by atoms with van der Waals surface area (Å²) < 4.78 is 0. The van der Waals surface area contributed by atoms with E-state index in [4.69, 9.17) is 0 Å². The van der Waals surface area contributed by atoms with Gasteiger partial charge in [-0.25, -0.2) is 0 Å². The van der Waals surface area contributed by atoms with Crippen molar-refractivity contribution in [3.63, 3.8) is 0 Å². The lowest BCUT2D eigenvalue weighted by molar-refractivity contribution is 0.0930. The molecule has 0 radical (unpaired) electrons. The number of rotatable bonds is 4. The molecular formula is C19H32Cl2N4O. The van der Waals surface area contributed by atoms with Crippen LogP contribution in [0.25, 0.3) is 0 Å². The summed E-state index contributed by atoms with van der Waals surface area (Å²) in [6, 6.07) is 8.95. The molecule has 148 valence electrons. The Hall–Kier alpha value is -1.01. The maximum absolute atomic E-state index is 12.4. The average Bonchev–Trinajstić information content (AvgIpc) is 2.63. The molecule has 0 aromatic heterocycles. The third-order valence-corrected chi connectivity index (χ3v) is 5.17. The fourth-order valence-corrected chi connectivity index (χ4v) is 3.56. The van der Waals surface area contributed by atoms with E-state index in [1.54, 1.807) is 0 Å². The van der Waals surface area contributed by atoms with Crippen LogP contribution in [-0.4, -0.2) is 62.2 Å². The van der Waals surface area contributed by atoms with Crippen molar-refractivity contribution in [3.05, 3.63) is 29.8 Å². The number of piperidine rings is 1. The predicted octanol–water partition coefficient (Wildman–Crippen LogP) is 2.54. The van der Waals surface area contributed by atoms with Crippen LogP contribution in [0.15, 0.2) is 24.3 Å². The summed E-state index contributed by atoms with van der Waals surface area (Å²) in [4.78, 5) is 17.3. The van der Waals surface area contributed by atoms with Gasteiger partial charge in [-0.1, -0.05) is 0 Å². The summed E-state index contributed by atoms with van der Waals surface area (Å²) in [5.74, 6) is 0.0416. The molecule has 5 nitrogen and oxygen atoms in total. The molecule has 0 spiro atoms. The van der Waals surface area contributed by atoms with E-state index in [2.05, 4.69) is 46.4 Å². The van der Waals surface area contributed by atoms with Crippen LogP contribution >= 0.6 is 24.8 Å². The van der Waals surface area contributed by atoms with E-state index in [1.807, 2.05) is 12.1 Å². The molecule has 2 aliphatic heterocycles. The number of piperazine rings is 1. The molecule has 2 heterocycles. The molecule has 2 aliphatic rings. The minimum atomic E-state index is 0. The smallest absolute Gasteiger partial charge is 0.251 e. The highest BCUT2D eigenvalue weighted by Crippen LogP contribution is 2.18. The van der Waals surface area contributed by atoms with Gasteiger partial charge in [-0.2, -0.15) is 0 Å². The number of anilines is 1. The molecule has 2 fully saturated rings. The van der Waals surface area contributed by atoms with E-state index >= 15 is 0 Å². The standard InChI is InChI=1S/C19H30N4O.2ClH/c1-15(2)22-10-12-23(13-11-22)18-7-5-16(6-8-18)19(24)21-17-4-3-9-20-14-17;;/h5-8,15,17,20H,3-4,9-14H2,1-2H3,(H,21,24);2*1H. The Bertz CT molecular complexity index is 539. The Morgan fingerprint density at radius 3 is 2.31 bits per heavy atom. The van der Waals surface area contributed by atoms with Gasteiger partial charge in [-0.3, -0.25) is 9.69 Å². The second kappa shape index (κ2) is 11.0. The van der Waals surface area contributed by atoms with Crippen LogP contribution in [0.3, 0.4) is 0 Å². The fraction of sp³-hybridized carbons (Fsp3) is 0.632. The molecule has 1 aromatic rings. The van der Waals surface area contributed by atoms with Gasteiger partial charge in [-0.15, -0.1) is 24.8 Å². The van der Waals surface area contributed by atoms with Gasteiger partial charge in [0.05, 0.1) is 0 Å². The summed E-state index contributed by atoms with van der Waals surface area (Å²) >= 11 is 0. The quantitative estimate of drug-likeness (QED) is 0.811. The summed E-state index contributed by atoms with van der Waals surface area (Å²) in [5.41, 5.74) is 1.97. The lowest BCUT2D eigenvalue weighted by Gasteiger charge is -2.38. The summed E-state index contributed by atoms with van der Waals surface area (Å²) in [7, 11) is 0. The Labute approximate surface area is 169 Å². The first-order valence-electron chi connectivity index (χ1n) is 9.24.